The SMILES string of the molecule is O=C([O-])N1CCC[C@H]1C(=O)[N+]1(c2oc([N+]3(C(=O)[C@@]4(Cc5ccccc5)CCCN4C(=O)[O-])C4=CC=C3C=C4)nc2Cc2ccccc2)C2=CC=C1C=C2. The van der Waals surface area contributed by atoms with Crippen LogP contribution in [0.2, 0.25) is 0 Å². The van der Waals surface area contributed by atoms with E-state index in [4.69, 9.17) is 9.40 Å². The Morgan fingerprint density at radius 1 is 0.755 bits per heavy atom. The molecule has 2 atom stereocenters. The van der Waals surface area contributed by atoms with Crippen molar-refractivity contribution >= 4 is 35.9 Å². The number of benzene rings is 2. The van der Waals surface area contributed by atoms with Gasteiger partial charge in [-0.15, -0.1) is 8.97 Å². The zero-order chi connectivity index (χ0) is 36.5. The van der Waals surface area contributed by atoms with Crippen molar-refractivity contribution in [3.8, 4) is 0 Å². The number of oxazole rings is 1. The van der Waals surface area contributed by atoms with E-state index in [0.29, 0.717) is 47.7 Å². The number of rotatable bonds is 8. The molecular formula is C41H35N5O7. The van der Waals surface area contributed by atoms with Crippen molar-refractivity contribution in [3.05, 3.63) is 149 Å². The van der Waals surface area contributed by atoms with Crippen LogP contribution < -0.4 is 19.2 Å². The van der Waals surface area contributed by atoms with Crippen LogP contribution in [0.5, 0.6) is 0 Å². The maximum absolute atomic E-state index is 15.8. The largest absolute Gasteiger partial charge is 0.530 e. The number of carboxylic acid groups (broad SMARTS) is 2. The molecule has 6 aliphatic rings. The lowest BCUT2D eigenvalue weighted by Crippen LogP contribution is -2.67. The molecule has 6 aliphatic heterocycles. The van der Waals surface area contributed by atoms with Gasteiger partial charge in [-0.2, -0.15) is 4.98 Å². The van der Waals surface area contributed by atoms with E-state index in [2.05, 4.69) is 0 Å². The number of amides is 4. The first-order valence-corrected chi connectivity index (χ1v) is 17.9. The molecule has 2 saturated heterocycles. The Hall–Kier alpha value is -6.11. The molecule has 0 unspecified atom stereocenters. The number of quaternary nitrogens is 2. The highest BCUT2D eigenvalue weighted by Crippen LogP contribution is 2.54. The Morgan fingerprint density at radius 3 is 1.91 bits per heavy atom. The zero-order valence-electron chi connectivity index (χ0n) is 28.7. The third kappa shape index (κ3) is 4.52. The second-order valence-electron chi connectivity index (χ2n) is 14.3. The Morgan fingerprint density at radius 2 is 1.34 bits per heavy atom. The average molecular weight is 710 g/mol. The standard InChI is InChI=1S/C41H35N5O7/c47-35(34-13-7-23-43(34)39(49)50)45(29-14-15-30(45)17-16-29)36-33(25-27-9-3-1-4-10-27)42-38(53-36)46(31-18-19-32(46)21-20-31)37(48)41(22-8-24-44(41)40(51)52)26-28-11-5-2-6-12-28/h1-6,9-12,14-21,34H,7-8,13,22-26H2/t34-,41-/m0/s1. The lowest BCUT2D eigenvalue weighted by Gasteiger charge is -2.41. The molecule has 0 aliphatic carbocycles. The third-order valence-corrected chi connectivity index (χ3v) is 11.6. The summed E-state index contributed by atoms with van der Waals surface area (Å²) in [6.45, 7) is 0.297. The zero-order valence-corrected chi connectivity index (χ0v) is 28.7. The maximum Gasteiger partial charge on any atom is 0.427 e. The number of nitrogens with zero attached hydrogens (tertiary/aromatic N) is 5. The third-order valence-electron chi connectivity index (χ3n) is 11.6. The van der Waals surface area contributed by atoms with Gasteiger partial charge in [0.1, 0.15) is 18.2 Å². The van der Waals surface area contributed by atoms with Gasteiger partial charge in [0.2, 0.25) is 0 Å². The molecule has 266 valence electrons. The van der Waals surface area contributed by atoms with Crippen LogP contribution in [-0.2, 0) is 22.4 Å². The minimum Gasteiger partial charge on any atom is -0.530 e. The number of carbonyl (C=O) groups excluding carboxylic acids is 4. The summed E-state index contributed by atoms with van der Waals surface area (Å²) < 4.78 is 5.80. The summed E-state index contributed by atoms with van der Waals surface area (Å²) in [5.41, 5.74) is 2.68. The second kappa shape index (κ2) is 12.0. The fourth-order valence-corrected chi connectivity index (χ4v) is 9.21. The van der Waals surface area contributed by atoms with Crippen molar-refractivity contribution < 1.29 is 33.8 Å². The highest BCUT2D eigenvalue weighted by atomic mass is 16.4. The first-order valence-electron chi connectivity index (χ1n) is 17.9. The van der Waals surface area contributed by atoms with Gasteiger partial charge in [-0.05, 0) is 36.8 Å². The number of hydrogen-bond acceptors (Lipinski definition) is 8. The molecule has 1 aromatic heterocycles. The van der Waals surface area contributed by atoms with Gasteiger partial charge in [0.15, 0.2) is 34.0 Å². The fraction of sp³-hybridized carbons (Fsp3) is 0.244. The van der Waals surface area contributed by atoms with Crippen LogP contribution in [0.25, 0.3) is 0 Å². The molecule has 9 rings (SSSR count). The summed E-state index contributed by atoms with van der Waals surface area (Å²) in [5, 5.41) is 25.1. The van der Waals surface area contributed by atoms with Gasteiger partial charge in [-0.1, -0.05) is 60.7 Å². The topological polar surface area (TPSA) is 147 Å². The van der Waals surface area contributed by atoms with Crippen molar-refractivity contribution in [2.75, 3.05) is 13.1 Å². The molecule has 12 heteroatoms. The molecule has 2 aromatic carbocycles. The number of likely N-dealkylation sites (tertiary alicyclic amines) is 2. The summed E-state index contributed by atoms with van der Waals surface area (Å²) in [6, 6.07) is 17.8. The van der Waals surface area contributed by atoms with Crippen LogP contribution in [0.4, 0.5) is 21.5 Å². The molecule has 4 amide bonds. The average Bonchev–Trinajstić information content (AvgIpc) is 4.04. The van der Waals surface area contributed by atoms with Gasteiger partial charge in [0.05, 0.1) is 0 Å². The molecule has 53 heavy (non-hydrogen) atoms. The number of hydrogen-bond donors (Lipinski definition) is 0. The van der Waals surface area contributed by atoms with Crippen molar-refractivity contribution in [3.63, 3.8) is 0 Å². The number of fused-ring (bicyclic) bond motifs is 4. The first kappa shape index (κ1) is 32.8. The molecule has 7 heterocycles. The van der Waals surface area contributed by atoms with Crippen molar-refractivity contribution in [1.29, 1.82) is 0 Å². The molecule has 4 bridgehead atoms. The molecule has 2 fully saturated rings. The maximum atomic E-state index is 15.8. The smallest absolute Gasteiger partial charge is 0.427 e. The molecule has 0 radical (unpaired) electrons. The molecule has 12 nitrogen and oxygen atoms in total. The molecule has 0 N–H and O–H groups in total. The van der Waals surface area contributed by atoms with Gasteiger partial charge in [0.25, 0.3) is 0 Å². The lowest BCUT2D eigenvalue weighted by atomic mass is 9.85. The van der Waals surface area contributed by atoms with Crippen LogP contribution in [-0.4, -0.2) is 63.5 Å². The predicted octanol–water partition coefficient (Wildman–Crippen LogP) is 3.86. The highest BCUT2D eigenvalue weighted by molar-refractivity contribution is 6.05. The fourth-order valence-electron chi connectivity index (χ4n) is 9.21. The Kier molecular flexibility index (Phi) is 7.40. The number of carbonyl (C=O) groups is 4. The summed E-state index contributed by atoms with van der Waals surface area (Å²) in [6.07, 6.45) is 13.5. The molecular weight excluding hydrogens is 674 g/mol. The van der Waals surface area contributed by atoms with E-state index < -0.39 is 44.5 Å². The van der Waals surface area contributed by atoms with E-state index in [9.17, 15) is 19.8 Å². The van der Waals surface area contributed by atoms with E-state index in [1.54, 1.807) is 24.3 Å². The first-order chi connectivity index (χ1) is 25.7. The van der Waals surface area contributed by atoms with E-state index in [1.807, 2.05) is 85.0 Å². The minimum absolute atomic E-state index is 0.0328. The minimum atomic E-state index is -1.54. The van der Waals surface area contributed by atoms with E-state index in [0.717, 1.165) is 20.9 Å². The van der Waals surface area contributed by atoms with Crippen LogP contribution in [0, 0.1) is 0 Å². The van der Waals surface area contributed by atoms with Gasteiger partial charge >= 0.3 is 23.7 Å². The summed E-state index contributed by atoms with van der Waals surface area (Å²) >= 11 is 0. The van der Waals surface area contributed by atoms with Gasteiger partial charge in [-0.3, -0.25) is 0 Å². The van der Waals surface area contributed by atoms with E-state index >= 15 is 9.59 Å². The lowest BCUT2D eigenvalue weighted by molar-refractivity contribution is -0.269. The van der Waals surface area contributed by atoms with Crippen molar-refractivity contribution in [2.45, 2.75) is 50.1 Å². The highest BCUT2D eigenvalue weighted by Gasteiger charge is 2.67. The van der Waals surface area contributed by atoms with E-state index in [-0.39, 0.29) is 44.3 Å². The summed E-state index contributed by atoms with van der Waals surface area (Å²) in [5.74, 6) is -0.737. The number of allylic oxidation sites excluding steroid dienone is 8. The predicted molar refractivity (Wildman–Crippen MR) is 189 cm³/mol. The molecule has 0 saturated carbocycles. The van der Waals surface area contributed by atoms with Gasteiger partial charge in [0, 0.05) is 74.5 Å². The summed E-state index contributed by atoms with van der Waals surface area (Å²) in [7, 11) is 0. The van der Waals surface area contributed by atoms with Gasteiger partial charge in [-0.25, -0.2) is 9.59 Å². The molecule has 0 spiro atoms. The summed E-state index contributed by atoms with van der Waals surface area (Å²) in [4.78, 5) is 63.3. The second-order valence-corrected chi connectivity index (χ2v) is 14.3. The monoisotopic (exact) mass is 709 g/mol. The quantitative estimate of drug-likeness (QED) is 0.321. The molecule has 3 aromatic rings. The Bertz CT molecular complexity index is 2240. The van der Waals surface area contributed by atoms with Gasteiger partial charge < -0.3 is 34.0 Å². The van der Waals surface area contributed by atoms with Crippen molar-refractivity contribution in [2.24, 2.45) is 0 Å². The normalized spacial score (nSPS) is 24.0. The number of aromatic nitrogens is 1. The van der Waals surface area contributed by atoms with Crippen LogP contribution in [0.3, 0.4) is 0 Å². The van der Waals surface area contributed by atoms with Crippen molar-refractivity contribution in [1.82, 2.24) is 23.7 Å². The Labute approximate surface area is 305 Å². The Balaban J connectivity index is 1.26. The van der Waals surface area contributed by atoms with Crippen LogP contribution in [0.15, 0.2) is 136 Å². The van der Waals surface area contributed by atoms with E-state index in [1.165, 1.54) is 0 Å². The van der Waals surface area contributed by atoms with Crippen LogP contribution >= 0.6 is 0 Å². The van der Waals surface area contributed by atoms with Crippen LogP contribution in [0.1, 0.15) is 42.5 Å².